The molecule has 86 valence electrons. The van der Waals surface area contributed by atoms with E-state index in [1.165, 1.54) is 0 Å². The van der Waals surface area contributed by atoms with E-state index < -0.39 is 0 Å². The molecule has 2 aliphatic rings. The Morgan fingerprint density at radius 2 is 1.88 bits per heavy atom. The number of hydrogen-bond acceptors (Lipinski definition) is 4. The first kappa shape index (κ1) is 11.0. The number of hydrogen-bond donors (Lipinski definition) is 2. The topological polar surface area (TPSA) is 42.5 Å². The molecule has 0 spiro atoms. The van der Waals surface area contributed by atoms with E-state index in [9.17, 15) is 0 Å². The van der Waals surface area contributed by atoms with Crippen molar-refractivity contribution in [3.8, 4) is 5.75 Å². The summed E-state index contributed by atoms with van der Waals surface area (Å²) in [6.45, 7) is 3.83. The van der Waals surface area contributed by atoms with Crippen LogP contribution in [0.1, 0.15) is 5.56 Å². The number of hydroxylamine groups is 1. The van der Waals surface area contributed by atoms with Gasteiger partial charge in [-0.05, 0) is 12.1 Å². The van der Waals surface area contributed by atoms with Crippen molar-refractivity contribution in [2.75, 3.05) is 26.3 Å². The highest BCUT2D eigenvalue weighted by molar-refractivity contribution is 5.57. The van der Waals surface area contributed by atoms with Gasteiger partial charge in [-0.2, -0.15) is 0 Å². The van der Waals surface area contributed by atoms with Crippen molar-refractivity contribution in [2.45, 2.75) is 0 Å². The van der Waals surface area contributed by atoms with E-state index in [1.807, 2.05) is 30.3 Å². The lowest BCUT2D eigenvalue weighted by Crippen LogP contribution is -2.30. The van der Waals surface area contributed by atoms with E-state index >= 15 is 0 Å². The molecule has 3 rings (SSSR count). The molecule has 1 aromatic carbocycles. The lowest BCUT2D eigenvalue weighted by molar-refractivity contribution is 0.109. The maximum Gasteiger partial charge on any atom is 0.162 e. The van der Waals surface area contributed by atoms with Crippen LogP contribution in [0.15, 0.2) is 30.5 Å². The molecule has 0 radical (unpaired) electrons. The van der Waals surface area contributed by atoms with Gasteiger partial charge in [-0.15, -0.1) is 0 Å². The molecule has 2 heterocycles. The van der Waals surface area contributed by atoms with Gasteiger partial charge in [-0.3, -0.25) is 0 Å². The van der Waals surface area contributed by atoms with Crippen LogP contribution >= 0.6 is 0 Å². The number of fused-ring (bicyclic) bond motifs is 1. The summed E-state index contributed by atoms with van der Waals surface area (Å²) in [6.07, 6.45) is 3.74. The van der Waals surface area contributed by atoms with Gasteiger partial charge in [0.05, 0.1) is 13.2 Å². The van der Waals surface area contributed by atoms with Gasteiger partial charge >= 0.3 is 0 Å². The second-order valence-corrected chi connectivity index (χ2v) is 3.45. The van der Waals surface area contributed by atoms with Crippen LogP contribution in [0, 0.1) is 0 Å². The summed E-state index contributed by atoms with van der Waals surface area (Å²) >= 11 is 0. The van der Waals surface area contributed by atoms with Crippen LogP contribution < -0.4 is 15.6 Å². The molecule has 0 unspecified atom stereocenters. The molecule has 0 bridgehead atoms. The average molecular weight is 220 g/mol. The Morgan fingerprint density at radius 1 is 1.06 bits per heavy atom. The molecule has 2 N–H and O–H groups in total. The summed E-state index contributed by atoms with van der Waals surface area (Å²) in [7, 11) is 0. The zero-order valence-electron chi connectivity index (χ0n) is 9.11. The SMILES string of the molecule is C1=Cc2ccccc2ON1.C1COCCN1. The van der Waals surface area contributed by atoms with Crippen LogP contribution in [0.2, 0.25) is 0 Å². The zero-order valence-corrected chi connectivity index (χ0v) is 9.11. The Balaban J connectivity index is 0.000000138. The van der Waals surface area contributed by atoms with E-state index in [0.717, 1.165) is 37.6 Å². The molecule has 1 fully saturated rings. The van der Waals surface area contributed by atoms with Crippen LogP contribution in [0.3, 0.4) is 0 Å². The third-order valence-electron chi connectivity index (χ3n) is 2.27. The number of rotatable bonds is 0. The van der Waals surface area contributed by atoms with Crippen LogP contribution in [0.4, 0.5) is 0 Å². The first-order valence-electron chi connectivity index (χ1n) is 5.43. The van der Waals surface area contributed by atoms with Gasteiger partial charge in [-0.25, -0.2) is 5.48 Å². The predicted octanol–water partition coefficient (Wildman–Crippen LogP) is 1.16. The average Bonchev–Trinajstić information content (AvgIpc) is 2.42. The normalized spacial score (nSPS) is 17.2. The molecule has 0 saturated carbocycles. The lowest BCUT2D eigenvalue weighted by Gasteiger charge is -2.11. The van der Waals surface area contributed by atoms with Crippen LogP contribution in [-0.2, 0) is 4.74 Å². The number of morpholine rings is 1. The Bertz CT molecular complexity index is 337. The van der Waals surface area contributed by atoms with Crippen molar-refractivity contribution in [2.24, 2.45) is 0 Å². The van der Waals surface area contributed by atoms with Gasteiger partial charge in [0.25, 0.3) is 0 Å². The highest BCUT2D eigenvalue weighted by Crippen LogP contribution is 2.20. The molecule has 1 saturated heterocycles. The zero-order chi connectivity index (χ0) is 11.1. The number of ether oxygens (including phenoxy) is 1. The van der Waals surface area contributed by atoms with Crippen LogP contribution in [-0.4, -0.2) is 26.3 Å². The number of nitrogens with one attached hydrogen (secondary N) is 2. The summed E-state index contributed by atoms with van der Waals surface area (Å²) < 4.78 is 5.01. The van der Waals surface area contributed by atoms with Gasteiger partial charge in [0.1, 0.15) is 0 Å². The minimum atomic E-state index is 0.880. The number of para-hydroxylation sites is 1. The van der Waals surface area contributed by atoms with Gasteiger partial charge in [0.2, 0.25) is 0 Å². The summed E-state index contributed by atoms with van der Waals surface area (Å²) in [5.74, 6) is 0.880. The van der Waals surface area contributed by atoms with E-state index in [0.29, 0.717) is 0 Å². The quantitative estimate of drug-likeness (QED) is 0.688. The minimum absolute atomic E-state index is 0.880. The molecule has 4 nitrogen and oxygen atoms in total. The van der Waals surface area contributed by atoms with Gasteiger partial charge in [-0.1, -0.05) is 18.2 Å². The van der Waals surface area contributed by atoms with Crippen molar-refractivity contribution < 1.29 is 9.57 Å². The predicted molar refractivity (Wildman–Crippen MR) is 62.9 cm³/mol. The highest BCUT2D eigenvalue weighted by Gasteiger charge is 2.01. The third-order valence-corrected chi connectivity index (χ3v) is 2.27. The van der Waals surface area contributed by atoms with Crippen molar-refractivity contribution >= 4 is 6.08 Å². The molecular weight excluding hydrogens is 204 g/mol. The summed E-state index contributed by atoms with van der Waals surface area (Å²) in [6, 6.07) is 7.86. The molecule has 0 aliphatic carbocycles. The minimum Gasteiger partial charge on any atom is -0.382 e. The van der Waals surface area contributed by atoms with Crippen molar-refractivity contribution in [3.05, 3.63) is 36.0 Å². The van der Waals surface area contributed by atoms with Gasteiger partial charge in [0.15, 0.2) is 5.75 Å². The summed E-state index contributed by atoms with van der Waals surface area (Å²) in [5, 5.41) is 3.16. The fourth-order valence-electron chi connectivity index (χ4n) is 1.45. The Kier molecular flexibility index (Phi) is 4.22. The third kappa shape index (κ3) is 3.25. The van der Waals surface area contributed by atoms with Crippen molar-refractivity contribution in [1.29, 1.82) is 0 Å². The molecule has 0 aromatic heterocycles. The van der Waals surface area contributed by atoms with Crippen molar-refractivity contribution in [1.82, 2.24) is 10.8 Å². The summed E-state index contributed by atoms with van der Waals surface area (Å²) in [4.78, 5) is 5.09. The lowest BCUT2D eigenvalue weighted by atomic mass is 10.2. The highest BCUT2D eigenvalue weighted by atomic mass is 16.6. The van der Waals surface area contributed by atoms with E-state index in [-0.39, 0.29) is 0 Å². The fraction of sp³-hybridized carbons (Fsp3) is 0.333. The first-order chi connectivity index (χ1) is 7.97. The largest absolute Gasteiger partial charge is 0.382 e. The fourth-order valence-corrected chi connectivity index (χ4v) is 1.45. The van der Waals surface area contributed by atoms with E-state index in [2.05, 4.69) is 10.8 Å². The van der Waals surface area contributed by atoms with Crippen LogP contribution in [0.5, 0.6) is 5.75 Å². The monoisotopic (exact) mass is 220 g/mol. The number of benzene rings is 1. The molecule has 0 atom stereocenters. The maximum atomic E-state index is 5.09. The van der Waals surface area contributed by atoms with E-state index in [4.69, 9.17) is 9.57 Å². The standard InChI is InChI=1S/C8H7NO.C4H9NO/c1-2-4-8-7(3-1)5-6-9-10-8;1-3-6-4-2-5-1/h1-6,9H;5H,1-4H2. The molecular formula is C12H16N2O2. The molecule has 2 aliphatic heterocycles. The van der Waals surface area contributed by atoms with Gasteiger partial charge < -0.3 is 14.9 Å². The molecule has 0 amide bonds. The van der Waals surface area contributed by atoms with E-state index in [1.54, 1.807) is 6.20 Å². The summed E-state index contributed by atoms with van der Waals surface area (Å²) in [5.41, 5.74) is 3.77. The Morgan fingerprint density at radius 3 is 2.50 bits per heavy atom. The van der Waals surface area contributed by atoms with Crippen LogP contribution in [0.25, 0.3) is 6.08 Å². The molecule has 16 heavy (non-hydrogen) atoms. The smallest absolute Gasteiger partial charge is 0.162 e. The van der Waals surface area contributed by atoms with Gasteiger partial charge in [0, 0.05) is 24.9 Å². The Hall–Kier alpha value is -1.52. The van der Waals surface area contributed by atoms with Crippen molar-refractivity contribution in [3.63, 3.8) is 0 Å². The molecule has 4 heteroatoms. The second-order valence-electron chi connectivity index (χ2n) is 3.45. The second kappa shape index (κ2) is 6.15. The maximum absolute atomic E-state index is 5.09. The Labute approximate surface area is 95.2 Å². The molecule has 1 aromatic rings. The first-order valence-corrected chi connectivity index (χ1v) is 5.43.